The average molecular weight is 339 g/mol. The van der Waals surface area contributed by atoms with Crippen molar-refractivity contribution in [1.29, 1.82) is 0 Å². The molecule has 0 bridgehead atoms. The summed E-state index contributed by atoms with van der Waals surface area (Å²) in [4.78, 5) is 9.09. The van der Waals surface area contributed by atoms with Crippen LogP contribution in [-0.2, 0) is 13.0 Å². The molecule has 1 aliphatic heterocycles. The van der Waals surface area contributed by atoms with Crippen LogP contribution in [0.4, 0.5) is 4.39 Å². The molecule has 2 aromatic heterocycles. The van der Waals surface area contributed by atoms with Gasteiger partial charge in [0.1, 0.15) is 23.0 Å². The number of aromatic nitrogens is 3. The number of imidazole rings is 1. The maximum Gasteiger partial charge on any atom is 0.165 e. The lowest BCUT2D eigenvalue weighted by Crippen LogP contribution is -2.11. The molecule has 0 radical (unpaired) electrons. The monoisotopic (exact) mass is 339 g/mol. The van der Waals surface area contributed by atoms with Gasteiger partial charge in [0.05, 0.1) is 5.56 Å². The Morgan fingerprint density at radius 1 is 1.04 bits per heavy atom. The van der Waals surface area contributed by atoms with Crippen LogP contribution in [0.1, 0.15) is 24.2 Å². The third kappa shape index (κ3) is 2.54. The summed E-state index contributed by atoms with van der Waals surface area (Å²) in [6, 6.07) is 7.76. The average Bonchev–Trinajstić information content (AvgIpc) is 2.99. The van der Waals surface area contributed by atoms with Gasteiger partial charge in [-0.05, 0) is 50.5 Å². The molecule has 0 saturated carbocycles. The van der Waals surface area contributed by atoms with E-state index in [1.54, 1.807) is 24.3 Å². The third-order valence-corrected chi connectivity index (χ3v) is 4.58. The number of para-hydroxylation sites is 1. The predicted octanol–water partition coefficient (Wildman–Crippen LogP) is 3.81. The fourth-order valence-electron chi connectivity index (χ4n) is 3.36. The van der Waals surface area contributed by atoms with Gasteiger partial charge in [-0.3, -0.25) is 0 Å². The van der Waals surface area contributed by atoms with Crippen LogP contribution in [0.5, 0.6) is 11.5 Å². The van der Waals surface area contributed by atoms with Crippen LogP contribution in [0.15, 0.2) is 30.3 Å². The number of nitrogens with zero attached hydrogens (tertiary/aromatic N) is 3. The molecule has 0 unspecified atom stereocenters. The maximum atomic E-state index is 13.8. The lowest BCUT2D eigenvalue weighted by Gasteiger charge is -2.18. The van der Waals surface area contributed by atoms with E-state index in [1.807, 2.05) is 11.5 Å². The molecule has 4 rings (SSSR count). The molecule has 0 aliphatic carbocycles. The minimum atomic E-state index is -0.677. The van der Waals surface area contributed by atoms with Gasteiger partial charge in [-0.1, -0.05) is 6.07 Å². The molecule has 0 saturated heterocycles. The smallest absolute Gasteiger partial charge is 0.165 e. The zero-order chi connectivity index (χ0) is 17.6. The fourth-order valence-corrected chi connectivity index (χ4v) is 3.36. The molecule has 3 heterocycles. The molecule has 1 aliphatic rings. The van der Waals surface area contributed by atoms with E-state index in [0.29, 0.717) is 22.8 Å². The van der Waals surface area contributed by atoms with Crippen molar-refractivity contribution in [3.05, 3.63) is 47.5 Å². The molecular weight excluding hydrogens is 321 g/mol. The van der Waals surface area contributed by atoms with Gasteiger partial charge < -0.3 is 14.8 Å². The molecule has 25 heavy (non-hydrogen) atoms. The molecular formula is C19H18FN3O2. The first kappa shape index (κ1) is 15.6. The number of aromatic hydroxyl groups is 2. The van der Waals surface area contributed by atoms with Crippen molar-refractivity contribution in [2.75, 3.05) is 0 Å². The van der Waals surface area contributed by atoms with E-state index >= 15 is 0 Å². The highest BCUT2D eigenvalue weighted by atomic mass is 19.1. The van der Waals surface area contributed by atoms with Crippen LogP contribution >= 0.6 is 0 Å². The number of rotatable bonds is 2. The van der Waals surface area contributed by atoms with Crippen LogP contribution in [0, 0.1) is 12.7 Å². The third-order valence-electron chi connectivity index (χ3n) is 4.58. The first-order valence-corrected chi connectivity index (χ1v) is 8.30. The second kappa shape index (κ2) is 5.88. The van der Waals surface area contributed by atoms with Crippen molar-refractivity contribution in [2.24, 2.45) is 0 Å². The van der Waals surface area contributed by atoms with Crippen LogP contribution in [-0.4, -0.2) is 24.7 Å². The van der Waals surface area contributed by atoms with Gasteiger partial charge in [0.25, 0.3) is 0 Å². The number of fused-ring (bicyclic) bond motifs is 1. The number of halogens is 1. The van der Waals surface area contributed by atoms with Crippen LogP contribution in [0.3, 0.4) is 0 Å². The molecule has 5 nitrogen and oxygen atoms in total. The molecule has 128 valence electrons. The number of aryl methyl sites for hydroxylation is 1. The van der Waals surface area contributed by atoms with Crippen molar-refractivity contribution in [3.8, 4) is 34.3 Å². The topological polar surface area (TPSA) is 71.2 Å². The number of benzene rings is 1. The second-order valence-corrected chi connectivity index (χ2v) is 6.30. The summed E-state index contributed by atoms with van der Waals surface area (Å²) in [6.07, 6.45) is 2.80. The quantitative estimate of drug-likeness (QED) is 0.745. The summed E-state index contributed by atoms with van der Waals surface area (Å²) in [7, 11) is 0. The summed E-state index contributed by atoms with van der Waals surface area (Å²) < 4.78 is 15.8. The molecule has 2 N–H and O–H groups in total. The van der Waals surface area contributed by atoms with Crippen molar-refractivity contribution < 1.29 is 14.6 Å². The maximum absolute atomic E-state index is 13.8. The van der Waals surface area contributed by atoms with E-state index in [2.05, 4.69) is 9.97 Å². The highest BCUT2D eigenvalue weighted by molar-refractivity contribution is 5.72. The van der Waals surface area contributed by atoms with Gasteiger partial charge in [0.2, 0.25) is 0 Å². The Morgan fingerprint density at radius 3 is 2.72 bits per heavy atom. The minimum Gasteiger partial charge on any atom is -0.506 e. The van der Waals surface area contributed by atoms with E-state index < -0.39 is 11.6 Å². The van der Waals surface area contributed by atoms with Crippen molar-refractivity contribution in [2.45, 2.75) is 32.7 Å². The van der Waals surface area contributed by atoms with Crippen LogP contribution in [0.2, 0.25) is 0 Å². The summed E-state index contributed by atoms with van der Waals surface area (Å²) in [5, 5.41) is 20.4. The Morgan fingerprint density at radius 2 is 1.88 bits per heavy atom. The number of hydrogen-bond donors (Lipinski definition) is 2. The van der Waals surface area contributed by atoms with E-state index in [0.717, 1.165) is 37.2 Å². The van der Waals surface area contributed by atoms with Gasteiger partial charge in [-0.2, -0.15) is 0 Å². The molecule has 0 spiro atoms. The molecule has 3 aromatic rings. The SMILES string of the molecule is Cc1ccc(O)c(-c2nc(-c3cccc(F)c3O)n3c2CCCC3)n1. The molecule has 6 heteroatoms. The summed E-state index contributed by atoms with van der Waals surface area (Å²) in [6.45, 7) is 2.59. The minimum absolute atomic E-state index is 0.0621. The Labute approximate surface area is 144 Å². The first-order chi connectivity index (χ1) is 12.1. The Balaban J connectivity index is 1.97. The Kier molecular flexibility index (Phi) is 3.67. The molecule has 1 aromatic carbocycles. The lowest BCUT2D eigenvalue weighted by molar-refractivity contribution is 0.433. The highest BCUT2D eigenvalue weighted by Gasteiger charge is 2.26. The van der Waals surface area contributed by atoms with Gasteiger partial charge in [0, 0.05) is 17.9 Å². The fraction of sp³-hybridized carbons (Fsp3) is 0.263. The predicted molar refractivity (Wildman–Crippen MR) is 91.9 cm³/mol. The van der Waals surface area contributed by atoms with Gasteiger partial charge in [-0.25, -0.2) is 14.4 Å². The summed E-state index contributed by atoms with van der Waals surface area (Å²) >= 11 is 0. The van der Waals surface area contributed by atoms with Gasteiger partial charge in [0.15, 0.2) is 11.6 Å². The normalized spacial score (nSPS) is 13.7. The standard InChI is InChI=1S/C19H18FN3O2/c1-11-8-9-15(24)17(21-11)16-14-7-2-3-10-23(14)19(22-16)12-5-4-6-13(20)18(12)25/h4-6,8-9,24-25H,2-3,7,10H2,1H3. The number of phenolic OH excluding ortho intramolecular Hbond substituents is 1. The van der Waals surface area contributed by atoms with E-state index in [4.69, 9.17) is 0 Å². The van der Waals surface area contributed by atoms with Crippen molar-refractivity contribution >= 4 is 0 Å². The van der Waals surface area contributed by atoms with E-state index in [-0.39, 0.29) is 5.75 Å². The van der Waals surface area contributed by atoms with Crippen molar-refractivity contribution in [3.63, 3.8) is 0 Å². The van der Waals surface area contributed by atoms with Crippen molar-refractivity contribution in [1.82, 2.24) is 14.5 Å². The Hall–Kier alpha value is -2.89. The first-order valence-electron chi connectivity index (χ1n) is 8.30. The molecule has 0 fully saturated rings. The van der Waals surface area contributed by atoms with E-state index in [9.17, 15) is 14.6 Å². The van der Waals surface area contributed by atoms with Gasteiger partial charge >= 0.3 is 0 Å². The highest BCUT2D eigenvalue weighted by Crippen LogP contribution is 2.38. The van der Waals surface area contributed by atoms with E-state index in [1.165, 1.54) is 6.07 Å². The van der Waals surface area contributed by atoms with Crippen LogP contribution < -0.4 is 0 Å². The second-order valence-electron chi connectivity index (χ2n) is 6.30. The zero-order valence-electron chi connectivity index (χ0n) is 13.8. The zero-order valence-corrected chi connectivity index (χ0v) is 13.8. The number of pyridine rings is 1. The summed E-state index contributed by atoms with van der Waals surface area (Å²) in [5.74, 6) is -0.519. The van der Waals surface area contributed by atoms with Crippen LogP contribution in [0.25, 0.3) is 22.8 Å². The lowest BCUT2D eigenvalue weighted by atomic mass is 10.1. The molecule has 0 amide bonds. The number of phenols is 1. The molecule has 0 atom stereocenters. The Bertz CT molecular complexity index is 939. The van der Waals surface area contributed by atoms with Gasteiger partial charge in [-0.15, -0.1) is 0 Å². The summed E-state index contributed by atoms with van der Waals surface area (Å²) in [5.41, 5.74) is 3.10. The largest absolute Gasteiger partial charge is 0.506 e. The number of hydrogen-bond acceptors (Lipinski definition) is 4.